The summed E-state index contributed by atoms with van der Waals surface area (Å²) in [5, 5.41) is 0. The van der Waals surface area contributed by atoms with E-state index in [-0.39, 0.29) is 0 Å². The maximum absolute atomic E-state index is 2.76. The predicted molar refractivity (Wildman–Crippen MR) is 185 cm³/mol. The molecule has 0 saturated heterocycles. The molecule has 0 aliphatic heterocycles. The summed E-state index contributed by atoms with van der Waals surface area (Å²) in [5.74, 6) is 3.95. The van der Waals surface area contributed by atoms with Crippen LogP contribution in [0.2, 0.25) is 0 Å². The molecule has 0 radical (unpaired) electrons. The molecule has 0 aromatic heterocycles. The van der Waals surface area contributed by atoms with Crippen molar-refractivity contribution in [3.63, 3.8) is 0 Å². The van der Waals surface area contributed by atoms with E-state index in [0.717, 1.165) is 0 Å². The van der Waals surface area contributed by atoms with Crippen LogP contribution in [0.3, 0.4) is 0 Å². The van der Waals surface area contributed by atoms with Crippen LogP contribution < -0.4 is 0 Å². The summed E-state index contributed by atoms with van der Waals surface area (Å²) in [7, 11) is 0. The molecule has 2 fully saturated rings. The maximum Gasteiger partial charge on any atom is 0.0131 e. The van der Waals surface area contributed by atoms with E-state index >= 15 is 0 Å². The van der Waals surface area contributed by atoms with Gasteiger partial charge in [-0.15, -0.1) is 0 Å². The first-order valence-electron chi connectivity index (χ1n) is 18.1. The quantitative estimate of drug-likeness (QED) is 0.288. The van der Waals surface area contributed by atoms with Crippen LogP contribution in [0.1, 0.15) is 57.8 Å². The normalized spacial score (nSPS) is 40.7. The minimum absolute atomic E-state index is 0.291. The summed E-state index contributed by atoms with van der Waals surface area (Å²) in [5.41, 5.74) is 18.8. The van der Waals surface area contributed by atoms with Crippen molar-refractivity contribution in [2.24, 2.45) is 46.8 Å². The van der Waals surface area contributed by atoms with Gasteiger partial charge < -0.3 is 0 Å². The van der Waals surface area contributed by atoms with E-state index in [1.165, 1.54) is 57.8 Å². The van der Waals surface area contributed by atoms with Crippen LogP contribution in [-0.2, 0) is 0 Å². The van der Waals surface area contributed by atoms with Crippen molar-refractivity contribution in [2.75, 3.05) is 0 Å². The van der Waals surface area contributed by atoms with Crippen LogP contribution in [0.5, 0.6) is 0 Å². The van der Waals surface area contributed by atoms with E-state index in [2.05, 4.69) is 103 Å². The topological polar surface area (TPSA) is 0 Å². The lowest BCUT2D eigenvalue weighted by Crippen LogP contribution is -2.43. The highest BCUT2D eigenvalue weighted by Crippen LogP contribution is 2.76. The van der Waals surface area contributed by atoms with Crippen LogP contribution in [0.25, 0.3) is 0 Å². The highest BCUT2D eigenvalue weighted by molar-refractivity contribution is 5.68. The molecule has 11 aliphatic carbocycles. The monoisotopic (exact) mass is 582 g/mol. The molecule has 7 atom stereocenters. The molecule has 0 N–H and O–H groups in total. The third-order valence-corrected chi connectivity index (χ3v) is 14.0. The summed E-state index contributed by atoms with van der Waals surface area (Å²) in [6, 6.07) is 0. The average Bonchev–Trinajstić information content (AvgIpc) is 3.59. The minimum atomic E-state index is 0.291. The predicted octanol–water partition coefficient (Wildman–Crippen LogP) is 10.8. The van der Waals surface area contributed by atoms with Gasteiger partial charge in [0, 0.05) is 17.8 Å². The first kappa shape index (κ1) is 25.5. The molecular weight excluding hydrogens is 540 g/mol. The van der Waals surface area contributed by atoms with Gasteiger partial charge in [0.25, 0.3) is 0 Å². The molecule has 7 unspecified atom stereocenters. The van der Waals surface area contributed by atoms with Gasteiger partial charge in [-0.25, -0.2) is 0 Å². The summed E-state index contributed by atoms with van der Waals surface area (Å²) in [4.78, 5) is 0. The van der Waals surface area contributed by atoms with Gasteiger partial charge in [0.05, 0.1) is 0 Å². The summed E-state index contributed by atoms with van der Waals surface area (Å²) in [6.07, 6.45) is 53.7. The number of fused-ring (bicyclic) bond motifs is 11. The fourth-order valence-corrected chi connectivity index (χ4v) is 12.6. The minimum Gasteiger partial charge on any atom is -0.0839 e. The van der Waals surface area contributed by atoms with Crippen molar-refractivity contribution < 1.29 is 0 Å². The van der Waals surface area contributed by atoms with Crippen molar-refractivity contribution >= 4 is 0 Å². The zero-order valence-electron chi connectivity index (χ0n) is 26.2. The molecule has 0 nitrogen and oxygen atoms in total. The fourth-order valence-electron chi connectivity index (χ4n) is 12.6. The van der Waals surface area contributed by atoms with Gasteiger partial charge in [0.15, 0.2) is 0 Å². The molecule has 45 heavy (non-hydrogen) atoms. The molecule has 222 valence electrons. The Morgan fingerprint density at radius 2 is 1.18 bits per heavy atom. The number of hydrogen-bond donors (Lipinski definition) is 0. The SMILES string of the molecule is C1=CCC2C(=C1)C1=CC=CCC1C21C2CC=CC3=C2C2=C(C=CCC21)C1C=C(C2CC4=C(CCC=C4)C4=C2C=CCC4)C=CC31. The van der Waals surface area contributed by atoms with E-state index in [1.807, 2.05) is 0 Å². The van der Waals surface area contributed by atoms with Gasteiger partial charge >= 0.3 is 0 Å². The number of hydrogen-bond acceptors (Lipinski definition) is 0. The smallest absolute Gasteiger partial charge is 0.0131 e. The van der Waals surface area contributed by atoms with Crippen molar-refractivity contribution in [1.29, 1.82) is 0 Å². The molecule has 11 rings (SSSR count). The molecular formula is C45H42. The lowest BCUT2D eigenvalue weighted by Gasteiger charge is -2.47. The Morgan fingerprint density at radius 1 is 0.556 bits per heavy atom. The molecule has 2 saturated carbocycles. The van der Waals surface area contributed by atoms with Crippen LogP contribution in [-0.4, -0.2) is 0 Å². The van der Waals surface area contributed by atoms with Gasteiger partial charge in [0.2, 0.25) is 0 Å². The zero-order valence-corrected chi connectivity index (χ0v) is 26.2. The second kappa shape index (κ2) is 9.22. The van der Waals surface area contributed by atoms with E-state index in [1.54, 1.807) is 61.3 Å². The third-order valence-electron chi connectivity index (χ3n) is 14.0. The zero-order chi connectivity index (χ0) is 29.3. The number of allylic oxidation sites excluding steroid dienone is 28. The lowest BCUT2D eigenvalue weighted by molar-refractivity contribution is 0.0532. The summed E-state index contributed by atoms with van der Waals surface area (Å²) >= 11 is 0. The van der Waals surface area contributed by atoms with Gasteiger partial charge in [-0.05, 0) is 148 Å². The molecule has 1 spiro atoms. The Labute approximate surface area is 268 Å². The second-order valence-electron chi connectivity index (χ2n) is 15.5. The molecule has 11 aliphatic rings. The standard InChI is InChI=1S/C45H42/c1-2-12-29-27(11-1)25-37(31-14-4-3-13-30(29)31)28-23-24-32-35-17-9-21-41-43(35)44-36(38(32)26-28)18-10-22-42(44)45(41)39-19-7-5-15-33(39)34-16-6-8-20-40(34)45/h1,4-11,14-18,23-24,26,32,37-42H,2-3,12-13,19-22,25H2. The Bertz CT molecular complexity index is 1860. The molecule has 0 bridgehead atoms. The molecule has 0 aromatic rings. The van der Waals surface area contributed by atoms with Crippen molar-refractivity contribution in [3.05, 3.63) is 165 Å². The van der Waals surface area contributed by atoms with Crippen LogP contribution in [0.15, 0.2) is 165 Å². The van der Waals surface area contributed by atoms with Crippen LogP contribution in [0, 0.1) is 46.8 Å². The van der Waals surface area contributed by atoms with Gasteiger partial charge in [-0.2, -0.15) is 0 Å². The van der Waals surface area contributed by atoms with E-state index in [0.29, 0.717) is 46.8 Å². The molecule has 0 heteroatoms. The average molecular weight is 583 g/mol. The summed E-state index contributed by atoms with van der Waals surface area (Å²) < 4.78 is 0. The van der Waals surface area contributed by atoms with E-state index < -0.39 is 0 Å². The van der Waals surface area contributed by atoms with Crippen molar-refractivity contribution in [1.82, 2.24) is 0 Å². The summed E-state index contributed by atoms with van der Waals surface area (Å²) in [6.45, 7) is 0. The van der Waals surface area contributed by atoms with Gasteiger partial charge in [0.1, 0.15) is 0 Å². The van der Waals surface area contributed by atoms with Gasteiger partial charge in [-0.1, -0.05) is 103 Å². The Kier molecular flexibility index (Phi) is 5.23. The lowest BCUT2D eigenvalue weighted by atomic mass is 9.56. The van der Waals surface area contributed by atoms with E-state index in [4.69, 9.17) is 0 Å². The Morgan fingerprint density at radius 3 is 1.91 bits per heavy atom. The Balaban J connectivity index is 1.07. The second-order valence-corrected chi connectivity index (χ2v) is 15.5. The Hall–Kier alpha value is -3.64. The van der Waals surface area contributed by atoms with E-state index in [9.17, 15) is 0 Å². The highest BCUT2D eigenvalue weighted by atomic mass is 14.7. The third kappa shape index (κ3) is 3.15. The van der Waals surface area contributed by atoms with Crippen LogP contribution >= 0.6 is 0 Å². The highest BCUT2D eigenvalue weighted by Gasteiger charge is 2.68. The molecule has 0 heterocycles. The van der Waals surface area contributed by atoms with Crippen molar-refractivity contribution in [2.45, 2.75) is 57.8 Å². The maximum atomic E-state index is 2.76. The first-order chi connectivity index (χ1) is 22.3. The fraction of sp³-hybridized carbons (Fsp3) is 0.378. The molecule has 0 aromatic carbocycles. The first-order valence-corrected chi connectivity index (χ1v) is 18.1. The molecule has 0 amide bonds. The number of rotatable bonds is 1. The largest absolute Gasteiger partial charge is 0.0839 e. The van der Waals surface area contributed by atoms with Gasteiger partial charge in [-0.3, -0.25) is 0 Å². The van der Waals surface area contributed by atoms with Crippen molar-refractivity contribution in [3.8, 4) is 0 Å². The van der Waals surface area contributed by atoms with Crippen LogP contribution in [0.4, 0.5) is 0 Å².